The lowest BCUT2D eigenvalue weighted by atomic mass is 9.76. The van der Waals surface area contributed by atoms with E-state index < -0.39 is 22.7 Å². The third kappa shape index (κ3) is 3.72. The van der Waals surface area contributed by atoms with Crippen molar-refractivity contribution in [2.24, 2.45) is 18.0 Å². The number of rotatable bonds is 5. The summed E-state index contributed by atoms with van der Waals surface area (Å²) in [5, 5.41) is 16.1. The third-order valence-corrected chi connectivity index (χ3v) is 5.62. The summed E-state index contributed by atoms with van der Waals surface area (Å²) in [5.74, 6) is -0.969. The molecule has 0 N–H and O–H groups in total. The largest absolute Gasteiger partial charge is 0.468 e. The van der Waals surface area contributed by atoms with Crippen molar-refractivity contribution in [2.75, 3.05) is 7.11 Å². The second-order valence-corrected chi connectivity index (χ2v) is 7.55. The summed E-state index contributed by atoms with van der Waals surface area (Å²) in [6, 6.07) is 16.3. The van der Waals surface area contributed by atoms with E-state index in [1.54, 1.807) is 23.7 Å². The van der Waals surface area contributed by atoms with Gasteiger partial charge in [0.15, 0.2) is 5.82 Å². The van der Waals surface area contributed by atoms with E-state index in [4.69, 9.17) is 9.84 Å². The van der Waals surface area contributed by atoms with Gasteiger partial charge in [-0.1, -0.05) is 42.5 Å². The number of nitro benzene ring substituents is 1. The molecule has 2 unspecified atom stereocenters. The standard InChI is InChI=1S/C23H22N4O4/c1-14-19(23(28)31-3)20(16-10-7-11-17(13-16)27(29)30)21-18(25-26(2)22(21)24-14)12-15-8-5-4-6-9-15/h4-11,13,19-20H,12H2,1-3H3. The fraction of sp³-hybridized carbons (Fsp3) is 0.261. The zero-order chi connectivity index (χ0) is 22.1. The van der Waals surface area contributed by atoms with Crippen molar-refractivity contribution in [1.29, 1.82) is 0 Å². The minimum atomic E-state index is -0.696. The smallest absolute Gasteiger partial charge is 0.315 e. The van der Waals surface area contributed by atoms with Crippen molar-refractivity contribution in [3.63, 3.8) is 0 Å². The number of nitrogens with zero attached hydrogens (tertiary/aromatic N) is 4. The van der Waals surface area contributed by atoms with Gasteiger partial charge in [0, 0.05) is 42.8 Å². The van der Waals surface area contributed by atoms with Crippen LogP contribution in [0.5, 0.6) is 0 Å². The first-order valence-corrected chi connectivity index (χ1v) is 9.87. The number of benzene rings is 2. The summed E-state index contributed by atoms with van der Waals surface area (Å²) in [6.45, 7) is 1.78. The summed E-state index contributed by atoms with van der Waals surface area (Å²) >= 11 is 0. The number of carbonyl (C=O) groups excluding carboxylic acids is 1. The van der Waals surface area contributed by atoms with Gasteiger partial charge < -0.3 is 4.74 Å². The molecule has 0 amide bonds. The Balaban J connectivity index is 1.93. The Hall–Kier alpha value is -3.81. The molecule has 0 radical (unpaired) electrons. The molecule has 0 saturated heterocycles. The summed E-state index contributed by atoms with van der Waals surface area (Å²) in [5.41, 5.74) is 3.86. The maximum absolute atomic E-state index is 12.8. The van der Waals surface area contributed by atoms with E-state index >= 15 is 0 Å². The first-order valence-electron chi connectivity index (χ1n) is 9.87. The fourth-order valence-corrected chi connectivity index (χ4v) is 4.23. The number of fused-ring (bicyclic) bond motifs is 1. The van der Waals surface area contributed by atoms with E-state index in [1.807, 2.05) is 37.4 Å². The molecular formula is C23H22N4O4. The molecule has 1 aliphatic rings. The van der Waals surface area contributed by atoms with E-state index in [0.29, 0.717) is 23.5 Å². The van der Waals surface area contributed by atoms with Gasteiger partial charge in [0.25, 0.3) is 5.69 Å². The van der Waals surface area contributed by atoms with Gasteiger partial charge >= 0.3 is 5.97 Å². The average molecular weight is 418 g/mol. The lowest BCUT2D eigenvalue weighted by Crippen LogP contribution is -2.33. The van der Waals surface area contributed by atoms with Crippen molar-refractivity contribution in [3.05, 3.63) is 87.1 Å². The Morgan fingerprint density at radius 2 is 1.94 bits per heavy atom. The average Bonchev–Trinajstić information content (AvgIpc) is 3.07. The zero-order valence-corrected chi connectivity index (χ0v) is 17.5. The van der Waals surface area contributed by atoms with Crippen LogP contribution < -0.4 is 0 Å². The van der Waals surface area contributed by atoms with E-state index in [2.05, 4.69) is 4.99 Å². The first-order chi connectivity index (χ1) is 14.9. The van der Waals surface area contributed by atoms with E-state index in [9.17, 15) is 14.9 Å². The van der Waals surface area contributed by atoms with Crippen LogP contribution in [-0.4, -0.2) is 33.5 Å². The fourth-order valence-electron chi connectivity index (χ4n) is 4.23. The molecule has 2 atom stereocenters. The summed E-state index contributed by atoms with van der Waals surface area (Å²) < 4.78 is 6.79. The first kappa shape index (κ1) is 20.5. The Labute approximate surface area is 179 Å². The number of aromatic nitrogens is 2. The number of carbonyl (C=O) groups is 1. The summed E-state index contributed by atoms with van der Waals surface area (Å²) in [6.07, 6.45) is 0.553. The minimum Gasteiger partial charge on any atom is -0.468 e. The van der Waals surface area contributed by atoms with Gasteiger partial charge in [0.1, 0.15) is 5.92 Å². The molecule has 2 heterocycles. The molecule has 158 valence electrons. The van der Waals surface area contributed by atoms with E-state index in [1.165, 1.54) is 19.2 Å². The normalized spacial score (nSPS) is 17.6. The number of methoxy groups -OCH3 is 1. The molecular weight excluding hydrogens is 396 g/mol. The van der Waals surface area contributed by atoms with Crippen molar-refractivity contribution in [3.8, 4) is 0 Å². The van der Waals surface area contributed by atoms with Gasteiger partial charge in [-0.2, -0.15) is 5.10 Å². The molecule has 1 aromatic heterocycles. The predicted octanol–water partition coefficient (Wildman–Crippen LogP) is 3.95. The van der Waals surface area contributed by atoms with Crippen LogP contribution in [0.25, 0.3) is 0 Å². The van der Waals surface area contributed by atoms with Crippen LogP contribution >= 0.6 is 0 Å². The lowest BCUT2D eigenvalue weighted by molar-refractivity contribution is -0.384. The van der Waals surface area contributed by atoms with Crippen molar-refractivity contribution < 1.29 is 14.5 Å². The Bertz CT molecular complexity index is 1180. The summed E-state index contributed by atoms with van der Waals surface area (Å²) in [7, 11) is 3.15. The number of ether oxygens (including phenoxy) is 1. The van der Waals surface area contributed by atoms with Crippen LogP contribution in [0, 0.1) is 16.0 Å². The van der Waals surface area contributed by atoms with Crippen LogP contribution in [0.15, 0.2) is 59.6 Å². The number of hydrogen-bond acceptors (Lipinski definition) is 6. The van der Waals surface area contributed by atoms with Crippen LogP contribution in [0.3, 0.4) is 0 Å². The highest BCUT2D eigenvalue weighted by atomic mass is 16.6. The molecule has 8 nitrogen and oxygen atoms in total. The van der Waals surface area contributed by atoms with Crippen molar-refractivity contribution in [1.82, 2.24) is 9.78 Å². The minimum absolute atomic E-state index is 0.0312. The lowest BCUT2D eigenvalue weighted by Gasteiger charge is -2.29. The van der Waals surface area contributed by atoms with Gasteiger partial charge in [-0.05, 0) is 18.1 Å². The molecule has 0 aliphatic carbocycles. The van der Waals surface area contributed by atoms with Crippen molar-refractivity contribution in [2.45, 2.75) is 19.3 Å². The Morgan fingerprint density at radius 3 is 2.61 bits per heavy atom. The SMILES string of the molecule is COC(=O)C1C(C)=Nc2c(c(Cc3ccccc3)nn2C)C1c1cccc([N+](=O)[O-])c1. The molecule has 0 saturated carbocycles. The van der Waals surface area contributed by atoms with Crippen molar-refractivity contribution >= 4 is 23.2 Å². The molecule has 0 bridgehead atoms. The van der Waals surface area contributed by atoms with Gasteiger partial charge in [0.2, 0.25) is 0 Å². The van der Waals surface area contributed by atoms with Crippen LogP contribution in [0.4, 0.5) is 11.5 Å². The second kappa shape index (κ2) is 8.14. The molecule has 4 rings (SSSR count). The number of non-ortho nitro benzene ring substituents is 1. The molecule has 0 spiro atoms. The molecule has 0 fully saturated rings. The van der Waals surface area contributed by atoms with Gasteiger partial charge in [-0.25, -0.2) is 4.99 Å². The number of aliphatic imine (C=N–C) groups is 1. The quantitative estimate of drug-likeness (QED) is 0.355. The van der Waals surface area contributed by atoms with Crippen LogP contribution in [0.1, 0.15) is 35.2 Å². The molecule has 31 heavy (non-hydrogen) atoms. The molecule has 1 aliphatic heterocycles. The highest BCUT2D eigenvalue weighted by Crippen LogP contribution is 2.45. The molecule has 3 aromatic rings. The van der Waals surface area contributed by atoms with Gasteiger partial charge in [-0.15, -0.1) is 0 Å². The van der Waals surface area contributed by atoms with Gasteiger partial charge in [0.05, 0.1) is 17.7 Å². The highest BCUT2D eigenvalue weighted by Gasteiger charge is 2.42. The highest BCUT2D eigenvalue weighted by molar-refractivity contribution is 6.05. The maximum atomic E-state index is 12.8. The predicted molar refractivity (Wildman–Crippen MR) is 116 cm³/mol. The topological polar surface area (TPSA) is 99.6 Å². The number of esters is 1. The van der Waals surface area contributed by atoms with E-state index in [0.717, 1.165) is 16.8 Å². The van der Waals surface area contributed by atoms with Gasteiger partial charge in [-0.3, -0.25) is 19.6 Å². The third-order valence-electron chi connectivity index (χ3n) is 5.62. The Morgan fingerprint density at radius 1 is 1.19 bits per heavy atom. The zero-order valence-electron chi connectivity index (χ0n) is 17.5. The summed E-state index contributed by atoms with van der Waals surface area (Å²) in [4.78, 5) is 28.4. The Kier molecular flexibility index (Phi) is 5.37. The number of hydrogen-bond donors (Lipinski definition) is 0. The number of nitro groups is 1. The second-order valence-electron chi connectivity index (χ2n) is 7.55. The number of aryl methyl sites for hydroxylation is 1. The maximum Gasteiger partial charge on any atom is 0.315 e. The van der Waals surface area contributed by atoms with E-state index in [-0.39, 0.29) is 5.69 Å². The van der Waals surface area contributed by atoms with Crippen LogP contribution in [-0.2, 0) is 23.0 Å². The monoisotopic (exact) mass is 418 g/mol. The molecule has 8 heteroatoms. The molecule has 2 aromatic carbocycles. The van der Waals surface area contributed by atoms with Crippen LogP contribution in [0.2, 0.25) is 0 Å².